The summed E-state index contributed by atoms with van der Waals surface area (Å²) in [6, 6.07) is 7.63. The van der Waals surface area contributed by atoms with Crippen molar-refractivity contribution in [3.05, 3.63) is 53.5 Å². The maximum absolute atomic E-state index is 12.9. The number of halogens is 3. The van der Waals surface area contributed by atoms with Crippen LogP contribution in [0.15, 0.2) is 41.0 Å². The van der Waals surface area contributed by atoms with Crippen molar-refractivity contribution in [2.75, 3.05) is 25.0 Å². The summed E-state index contributed by atoms with van der Waals surface area (Å²) in [5.41, 5.74) is 1.25. The molecule has 1 atom stereocenters. The standard InChI is InChI=1S/C18H17F3N2O4/c1-11-4-5-12(9-13(11)22-16(24)14-3-2-7-26-14)17(25)23-6-8-27-15(10-23)18(19,20)21/h2-5,7,9,15H,6,8,10H2,1H3,(H,22,24). The molecule has 9 heteroatoms. The number of amides is 2. The van der Waals surface area contributed by atoms with E-state index in [9.17, 15) is 22.8 Å². The van der Waals surface area contributed by atoms with Gasteiger partial charge in [-0.3, -0.25) is 9.59 Å². The van der Waals surface area contributed by atoms with E-state index in [0.717, 1.165) is 4.90 Å². The lowest BCUT2D eigenvalue weighted by atomic mass is 10.1. The number of aryl methyl sites for hydroxylation is 1. The maximum Gasteiger partial charge on any atom is 0.416 e. The Morgan fingerprint density at radius 3 is 2.70 bits per heavy atom. The Bertz CT molecular complexity index is 834. The number of rotatable bonds is 3. The Morgan fingerprint density at radius 2 is 2.04 bits per heavy atom. The molecule has 1 aliphatic rings. The van der Waals surface area contributed by atoms with Crippen LogP contribution in [0.1, 0.15) is 26.5 Å². The molecule has 1 unspecified atom stereocenters. The minimum Gasteiger partial charge on any atom is -0.459 e. The molecule has 144 valence electrons. The molecule has 0 radical (unpaired) electrons. The zero-order valence-electron chi connectivity index (χ0n) is 14.4. The van der Waals surface area contributed by atoms with Gasteiger partial charge in [0.2, 0.25) is 0 Å². The van der Waals surface area contributed by atoms with Crippen LogP contribution >= 0.6 is 0 Å². The summed E-state index contributed by atoms with van der Waals surface area (Å²) in [5.74, 6) is -0.940. The van der Waals surface area contributed by atoms with Crippen LogP contribution in [0.25, 0.3) is 0 Å². The van der Waals surface area contributed by atoms with Crippen LogP contribution in [-0.2, 0) is 4.74 Å². The average molecular weight is 382 g/mol. The van der Waals surface area contributed by atoms with E-state index in [0.29, 0.717) is 11.3 Å². The third-order valence-corrected chi connectivity index (χ3v) is 4.20. The Labute approximate surface area is 152 Å². The van der Waals surface area contributed by atoms with Crippen molar-refractivity contribution < 1.29 is 31.9 Å². The van der Waals surface area contributed by atoms with E-state index in [1.54, 1.807) is 19.1 Å². The number of morpholine rings is 1. The normalized spacial score (nSPS) is 17.6. The van der Waals surface area contributed by atoms with Gasteiger partial charge in [0.25, 0.3) is 11.8 Å². The maximum atomic E-state index is 12.9. The first-order chi connectivity index (χ1) is 12.8. The summed E-state index contributed by atoms with van der Waals surface area (Å²) in [4.78, 5) is 25.8. The quantitative estimate of drug-likeness (QED) is 0.885. The van der Waals surface area contributed by atoms with Gasteiger partial charge < -0.3 is 19.4 Å². The van der Waals surface area contributed by atoms with E-state index in [1.165, 1.54) is 24.5 Å². The minimum absolute atomic E-state index is 0.0629. The monoisotopic (exact) mass is 382 g/mol. The SMILES string of the molecule is Cc1ccc(C(=O)N2CCOC(C(F)(F)F)C2)cc1NC(=O)c1ccco1. The number of alkyl halides is 3. The third kappa shape index (κ3) is 4.30. The van der Waals surface area contributed by atoms with Crippen molar-refractivity contribution in [3.8, 4) is 0 Å². The lowest BCUT2D eigenvalue weighted by Gasteiger charge is -2.34. The van der Waals surface area contributed by atoms with Crippen LogP contribution in [0.3, 0.4) is 0 Å². The fourth-order valence-electron chi connectivity index (χ4n) is 2.70. The summed E-state index contributed by atoms with van der Waals surface area (Å²) in [5, 5.41) is 2.64. The lowest BCUT2D eigenvalue weighted by molar-refractivity contribution is -0.233. The second-order valence-electron chi connectivity index (χ2n) is 6.11. The predicted molar refractivity (Wildman–Crippen MR) is 89.5 cm³/mol. The number of ether oxygens (including phenoxy) is 1. The van der Waals surface area contributed by atoms with Crippen LogP contribution < -0.4 is 5.32 Å². The fourth-order valence-corrected chi connectivity index (χ4v) is 2.70. The number of nitrogens with zero attached hydrogens (tertiary/aromatic N) is 1. The lowest BCUT2D eigenvalue weighted by Crippen LogP contribution is -2.51. The molecule has 1 aromatic carbocycles. The molecule has 0 bridgehead atoms. The number of anilines is 1. The van der Waals surface area contributed by atoms with Crippen LogP contribution in [0, 0.1) is 6.92 Å². The molecule has 2 heterocycles. The number of hydrogen-bond donors (Lipinski definition) is 1. The van der Waals surface area contributed by atoms with Gasteiger partial charge in [-0.1, -0.05) is 6.07 Å². The second-order valence-corrected chi connectivity index (χ2v) is 6.11. The molecule has 1 aliphatic heterocycles. The van der Waals surface area contributed by atoms with Gasteiger partial charge in [-0.15, -0.1) is 0 Å². The number of carbonyl (C=O) groups excluding carboxylic acids is 2. The number of furan rings is 1. The highest BCUT2D eigenvalue weighted by Crippen LogP contribution is 2.27. The first-order valence-electron chi connectivity index (χ1n) is 8.19. The fraction of sp³-hybridized carbons (Fsp3) is 0.333. The van der Waals surface area contributed by atoms with Crippen molar-refractivity contribution in [1.82, 2.24) is 4.90 Å². The smallest absolute Gasteiger partial charge is 0.416 e. The molecule has 0 saturated carbocycles. The number of benzene rings is 1. The molecule has 0 aliphatic carbocycles. The van der Waals surface area contributed by atoms with Gasteiger partial charge in [-0.05, 0) is 36.8 Å². The van der Waals surface area contributed by atoms with Gasteiger partial charge in [0.05, 0.1) is 19.4 Å². The van der Waals surface area contributed by atoms with Crippen molar-refractivity contribution in [2.24, 2.45) is 0 Å². The van der Waals surface area contributed by atoms with E-state index < -0.39 is 30.6 Å². The molecule has 1 N–H and O–H groups in total. The highest BCUT2D eigenvalue weighted by atomic mass is 19.4. The van der Waals surface area contributed by atoms with Crippen molar-refractivity contribution >= 4 is 17.5 Å². The zero-order valence-corrected chi connectivity index (χ0v) is 14.4. The van der Waals surface area contributed by atoms with E-state index in [-0.39, 0.29) is 24.5 Å². The van der Waals surface area contributed by atoms with E-state index in [4.69, 9.17) is 9.15 Å². The topological polar surface area (TPSA) is 71.8 Å². The molecule has 3 rings (SSSR count). The van der Waals surface area contributed by atoms with Crippen molar-refractivity contribution in [2.45, 2.75) is 19.2 Å². The van der Waals surface area contributed by atoms with Crippen molar-refractivity contribution in [3.63, 3.8) is 0 Å². The van der Waals surface area contributed by atoms with E-state index in [2.05, 4.69) is 5.32 Å². The first kappa shape index (κ1) is 19.0. The van der Waals surface area contributed by atoms with E-state index in [1.807, 2.05) is 0 Å². The Kier molecular flexibility index (Phi) is 5.22. The Hall–Kier alpha value is -2.81. The zero-order chi connectivity index (χ0) is 19.6. The van der Waals surface area contributed by atoms with Gasteiger partial charge in [0.1, 0.15) is 0 Å². The highest BCUT2D eigenvalue weighted by Gasteiger charge is 2.44. The first-order valence-corrected chi connectivity index (χ1v) is 8.19. The molecule has 1 aromatic heterocycles. The summed E-state index contributed by atoms with van der Waals surface area (Å²) < 4.78 is 48.3. The van der Waals surface area contributed by atoms with Crippen molar-refractivity contribution in [1.29, 1.82) is 0 Å². The number of carbonyl (C=O) groups is 2. The molecule has 0 spiro atoms. The third-order valence-electron chi connectivity index (χ3n) is 4.20. The van der Waals surface area contributed by atoms with Gasteiger partial charge in [-0.2, -0.15) is 13.2 Å². The molecule has 2 aromatic rings. The van der Waals surface area contributed by atoms with Gasteiger partial charge in [0, 0.05) is 17.8 Å². The second kappa shape index (κ2) is 7.43. The Balaban J connectivity index is 1.76. The van der Waals surface area contributed by atoms with E-state index >= 15 is 0 Å². The predicted octanol–water partition coefficient (Wildman–Crippen LogP) is 3.24. The summed E-state index contributed by atoms with van der Waals surface area (Å²) in [6.07, 6.45) is -5.18. The average Bonchev–Trinajstić information content (AvgIpc) is 3.17. The summed E-state index contributed by atoms with van der Waals surface area (Å²) in [7, 11) is 0. The summed E-state index contributed by atoms with van der Waals surface area (Å²) >= 11 is 0. The number of nitrogens with one attached hydrogen (secondary N) is 1. The summed E-state index contributed by atoms with van der Waals surface area (Å²) in [6.45, 7) is 1.04. The molecule has 6 nitrogen and oxygen atoms in total. The van der Waals surface area contributed by atoms with Crippen LogP contribution in [-0.4, -0.2) is 48.7 Å². The Morgan fingerprint density at radius 1 is 1.26 bits per heavy atom. The molecule has 2 amide bonds. The number of hydrogen-bond acceptors (Lipinski definition) is 4. The van der Waals surface area contributed by atoms with Crippen LogP contribution in [0.4, 0.5) is 18.9 Å². The molecule has 27 heavy (non-hydrogen) atoms. The molecule has 1 fully saturated rings. The molecular formula is C18H17F3N2O4. The molecular weight excluding hydrogens is 365 g/mol. The largest absolute Gasteiger partial charge is 0.459 e. The van der Waals surface area contributed by atoms with Gasteiger partial charge in [0.15, 0.2) is 11.9 Å². The van der Waals surface area contributed by atoms with Crippen LogP contribution in [0.2, 0.25) is 0 Å². The minimum atomic E-state index is -4.53. The molecule has 1 saturated heterocycles. The van der Waals surface area contributed by atoms with Crippen LogP contribution in [0.5, 0.6) is 0 Å². The van der Waals surface area contributed by atoms with Gasteiger partial charge in [-0.25, -0.2) is 0 Å². The highest BCUT2D eigenvalue weighted by molar-refractivity contribution is 6.03. The van der Waals surface area contributed by atoms with Gasteiger partial charge >= 0.3 is 6.18 Å².